The van der Waals surface area contributed by atoms with Crippen LogP contribution in [0.3, 0.4) is 0 Å². The molecule has 0 spiro atoms. The minimum Gasteiger partial charge on any atom is -0.492 e. The third kappa shape index (κ3) is 6.44. The Labute approximate surface area is 168 Å². The molecule has 5 nitrogen and oxygen atoms in total. The Bertz CT molecular complexity index is 544. The molecule has 0 amide bonds. The Balaban J connectivity index is 2.99. The minimum absolute atomic E-state index is 0.0626. The summed E-state index contributed by atoms with van der Waals surface area (Å²) in [5, 5.41) is 0.165. The van der Waals surface area contributed by atoms with E-state index < -0.39 is 22.7 Å². The van der Waals surface area contributed by atoms with Crippen LogP contribution in [-0.4, -0.2) is 47.5 Å². The molecule has 1 aliphatic heterocycles. The van der Waals surface area contributed by atoms with Crippen molar-refractivity contribution in [2.75, 3.05) is 6.61 Å². The molecule has 1 heterocycles. The van der Waals surface area contributed by atoms with Crippen LogP contribution in [-0.2, 0) is 23.1 Å². The van der Waals surface area contributed by atoms with Gasteiger partial charge in [-0.1, -0.05) is 41.5 Å². The predicted molar refractivity (Wildman–Crippen MR) is 115 cm³/mol. The van der Waals surface area contributed by atoms with E-state index in [4.69, 9.17) is 18.3 Å². The van der Waals surface area contributed by atoms with Gasteiger partial charge >= 0.3 is 5.97 Å². The molecule has 0 unspecified atom stereocenters. The average molecular weight is 417 g/mol. The summed E-state index contributed by atoms with van der Waals surface area (Å²) in [4.78, 5) is 11.7. The van der Waals surface area contributed by atoms with Gasteiger partial charge in [-0.15, -0.1) is 0 Å². The largest absolute Gasteiger partial charge is 0.492 e. The van der Waals surface area contributed by atoms with Gasteiger partial charge in [0, 0.05) is 6.92 Å². The number of ether oxygens (including phenoxy) is 2. The summed E-state index contributed by atoms with van der Waals surface area (Å²) in [6.07, 6.45) is 2.32. The zero-order chi connectivity index (χ0) is 21.3. The average Bonchev–Trinajstić information content (AvgIpc) is 2.44. The van der Waals surface area contributed by atoms with Crippen LogP contribution in [0.4, 0.5) is 0 Å². The third-order valence-electron chi connectivity index (χ3n) is 6.17. The number of carbonyl (C=O) groups is 1. The van der Waals surface area contributed by atoms with Gasteiger partial charge in [0.05, 0.1) is 12.9 Å². The Morgan fingerprint density at radius 3 is 1.96 bits per heavy atom. The maximum atomic E-state index is 11.7. The van der Waals surface area contributed by atoms with E-state index in [0.29, 0.717) is 6.61 Å². The van der Waals surface area contributed by atoms with Gasteiger partial charge in [-0.05, 0) is 42.3 Å². The molecule has 0 bridgehead atoms. The summed E-state index contributed by atoms with van der Waals surface area (Å²) in [6, 6.07) is 0. The second-order valence-corrected chi connectivity index (χ2v) is 20.1. The molecule has 0 aliphatic carbocycles. The summed E-state index contributed by atoms with van der Waals surface area (Å²) < 4.78 is 24.3. The van der Waals surface area contributed by atoms with Crippen molar-refractivity contribution in [1.29, 1.82) is 0 Å². The van der Waals surface area contributed by atoms with Gasteiger partial charge in [-0.2, -0.15) is 0 Å². The van der Waals surface area contributed by atoms with Crippen molar-refractivity contribution in [3.63, 3.8) is 0 Å². The van der Waals surface area contributed by atoms with Crippen LogP contribution in [0.2, 0.25) is 36.3 Å². The molecule has 0 aromatic heterocycles. The summed E-state index contributed by atoms with van der Waals surface area (Å²) >= 11 is 0. The highest BCUT2D eigenvalue weighted by Gasteiger charge is 2.45. The second kappa shape index (κ2) is 8.39. The Morgan fingerprint density at radius 1 is 1.00 bits per heavy atom. The van der Waals surface area contributed by atoms with E-state index in [1.54, 1.807) is 6.26 Å². The highest BCUT2D eigenvalue weighted by Crippen LogP contribution is 2.39. The van der Waals surface area contributed by atoms with Gasteiger partial charge in [0.15, 0.2) is 28.8 Å². The van der Waals surface area contributed by atoms with Crippen molar-refractivity contribution < 1.29 is 23.1 Å². The molecular weight excluding hydrogens is 376 g/mol. The predicted octanol–water partition coefficient (Wildman–Crippen LogP) is 5.24. The topological polar surface area (TPSA) is 54.0 Å². The molecule has 1 aliphatic rings. The molecular formula is C20H40O5Si2. The first kappa shape index (κ1) is 24.4. The summed E-state index contributed by atoms with van der Waals surface area (Å²) in [5.74, 6) is -0.333. The molecule has 158 valence electrons. The maximum absolute atomic E-state index is 11.7. The van der Waals surface area contributed by atoms with Gasteiger partial charge in [0.2, 0.25) is 0 Å². The molecule has 0 aromatic rings. The number of hydrogen-bond donors (Lipinski definition) is 0. The lowest BCUT2D eigenvalue weighted by atomic mass is 10.1. The molecule has 0 radical (unpaired) electrons. The molecule has 0 saturated heterocycles. The smallest absolute Gasteiger partial charge is 0.303 e. The molecule has 0 aromatic carbocycles. The van der Waals surface area contributed by atoms with E-state index in [-0.39, 0.29) is 28.3 Å². The quantitative estimate of drug-likeness (QED) is 0.437. The first-order valence-corrected chi connectivity index (χ1v) is 15.6. The molecule has 0 N–H and O–H groups in total. The Morgan fingerprint density at radius 2 is 1.52 bits per heavy atom. The zero-order valence-electron chi connectivity index (χ0n) is 19.1. The van der Waals surface area contributed by atoms with Crippen molar-refractivity contribution in [1.82, 2.24) is 0 Å². The van der Waals surface area contributed by atoms with Crippen molar-refractivity contribution in [2.45, 2.75) is 103 Å². The van der Waals surface area contributed by atoms with Gasteiger partial charge in [-0.25, -0.2) is 0 Å². The normalized spacial score (nSPS) is 24.5. The number of hydrogen-bond acceptors (Lipinski definition) is 5. The fourth-order valence-electron chi connectivity index (χ4n) is 2.22. The Kier molecular flexibility index (Phi) is 7.58. The first-order chi connectivity index (χ1) is 12.0. The standard InChI is InChI=1S/C20H40O5Si2/c1-15(21)24-18-16(25-27(10,11)20(5,6)7)12-13-22-17(18)14-23-26(8,9)19(2,3)4/h12-13,16-18H,14H2,1-11H3/t16-,17-,18-/m1/s1. The third-order valence-corrected chi connectivity index (χ3v) is 15.1. The van der Waals surface area contributed by atoms with Gasteiger partial charge in [-0.3, -0.25) is 4.79 Å². The Hall–Kier alpha value is -0.636. The van der Waals surface area contributed by atoms with Gasteiger partial charge < -0.3 is 18.3 Å². The highest BCUT2D eigenvalue weighted by molar-refractivity contribution is 6.74. The number of rotatable bonds is 6. The van der Waals surface area contributed by atoms with Crippen LogP contribution in [0.1, 0.15) is 48.5 Å². The fourth-order valence-corrected chi connectivity index (χ4v) is 4.48. The van der Waals surface area contributed by atoms with Crippen molar-refractivity contribution in [2.24, 2.45) is 0 Å². The monoisotopic (exact) mass is 416 g/mol. The molecule has 7 heteroatoms. The van der Waals surface area contributed by atoms with E-state index >= 15 is 0 Å². The number of esters is 1. The zero-order valence-corrected chi connectivity index (χ0v) is 21.1. The first-order valence-electron chi connectivity index (χ1n) is 9.79. The van der Waals surface area contributed by atoms with Crippen LogP contribution in [0.25, 0.3) is 0 Å². The number of carbonyl (C=O) groups excluding carboxylic acids is 1. The summed E-state index contributed by atoms with van der Waals surface area (Å²) in [6.45, 7) is 23.8. The van der Waals surface area contributed by atoms with E-state index in [9.17, 15) is 4.79 Å². The van der Waals surface area contributed by atoms with Crippen molar-refractivity contribution in [3.05, 3.63) is 12.3 Å². The summed E-state index contributed by atoms with van der Waals surface area (Å²) in [7, 11) is -3.97. The molecule has 0 fully saturated rings. The van der Waals surface area contributed by atoms with E-state index in [2.05, 4.69) is 67.7 Å². The van der Waals surface area contributed by atoms with Gasteiger partial charge in [0.1, 0.15) is 6.10 Å². The van der Waals surface area contributed by atoms with E-state index in [1.165, 1.54) is 6.92 Å². The van der Waals surface area contributed by atoms with Crippen LogP contribution in [0.15, 0.2) is 12.3 Å². The van der Waals surface area contributed by atoms with Crippen LogP contribution >= 0.6 is 0 Å². The maximum Gasteiger partial charge on any atom is 0.303 e. The minimum atomic E-state index is -2.03. The lowest BCUT2D eigenvalue weighted by Crippen LogP contribution is -2.54. The second-order valence-electron chi connectivity index (χ2n) is 10.5. The van der Waals surface area contributed by atoms with Crippen molar-refractivity contribution in [3.8, 4) is 0 Å². The van der Waals surface area contributed by atoms with Crippen LogP contribution < -0.4 is 0 Å². The lowest BCUT2D eigenvalue weighted by molar-refractivity contribution is -0.163. The van der Waals surface area contributed by atoms with E-state index in [1.807, 2.05) is 6.08 Å². The van der Waals surface area contributed by atoms with Gasteiger partial charge in [0.25, 0.3) is 0 Å². The SMILES string of the molecule is CC(=O)O[C@@H]1[C@H](O[Si](C)(C)C(C)(C)C)C=CO[C@@H]1CO[Si](C)(C)C(C)(C)C. The molecule has 27 heavy (non-hydrogen) atoms. The lowest BCUT2D eigenvalue weighted by Gasteiger charge is -2.43. The fraction of sp³-hybridized carbons (Fsp3) is 0.850. The highest BCUT2D eigenvalue weighted by atomic mass is 28.4. The molecule has 1 rings (SSSR count). The summed E-state index contributed by atoms with van der Waals surface area (Å²) in [5.41, 5.74) is 0. The van der Waals surface area contributed by atoms with Crippen LogP contribution in [0, 0.1) is 0 Å². The molecule has 0 saturated carbocycles. The van der Waals surface area contributed by atoms with Crippen LogP contribution in [0.5, 0.6) is 0 Å². The van der Waals surface area contributed by atoms with Crippen molar-refractivity contribution >= 4 is 22.6 Å². The molecule has 3 atom stereocenters. The van der Waals surface area contributed by atoms with E-state index in [0.717, 1.165) is 0 Å².